The topological polar surface area (TPSA) is 35.2 Å². The first-order valence-corrected chi connectivity index (χ1v) is 7.19. The second-order valence-electron chi connectivity index (χ2n) is 3.98. The van der Waals surface area contributed by atoms with Gasteiger partial charge in [-0.2, -0.15) is 0 Å². The van der Waals surface area contributed by atoms with E-state index >= 15 is 0 Å². The number of rotatable bonds is 4. The maximum absolute atomic E-state index is 6.10. The van der Waals surface area contributed by atoms with Crippen molar-refractivity contribution < 1.29 is 4.74 Å². The zero-order valence-corrected chi connectivity index (χ0v) is 13.3. The molecule has 2 aromatic rings. The van der Waals surface area contributed by atoms with Crippen molar-refractivity contribution in [3.63, 3.8) is 0 Å². The third-order valence-electron chi connectivity index (χ3n) is 2.64. The van der Waals surface area contributed by atoms with Crippen LogP contribution in [0.5, 0.6) is 5.75 Å². The highest BCUT2D eigenvalue weighted by atomic mass is 35.5. The quantitative estimate of drug-likeness (QED) is 0.803. The fraction of sp³-hybridized carbons (Fsp3) is 0.0714. The van der Waals surface area contributed by atoms with Crippen molar-refractivity contribution in [2.24, 2.45) is 5.73 Å². The fourth-order valence-electron chi connectivity index (χ4n) is 1.68. The van der Waals surface area contributed by atoms with Gasteiger partial charge in [-0.15, -0.1) is 0 Å². The summed E-state index contributed by atoms with van der Waals surface area (Å²) in [6, 6.07) is 10.6. The van der Waals surface area contributed by atoms with Crippen molar-refractivity contribution in [3.05, 3.63) is 62.6 Å². The Morgan fingerprint density at radius 2 is 1.70 bits per heavy atom. The molecule has 0 aliphatic heterocycles. The molecule has 0 atom stereocenters. The number of ether oxygens (including phenoxy) is 1. The monoisotopic (exact) mass is 345 g/mol. The summed E-state index contributed by atoms with van der Waals surface area (Å²) in [5.41, 5.74) is 6.95. The summed E-state index contributed by atoms with van der Waals surface area (Å²) in [4.78, 5) is 0.183. The zero-order valence-electron chi connectivity index (χ0n) is 10.2. The summed E-state index contributed by atoms with van der Waals surface area (Å²) in [5, 5.41) is 1.40. The Morgan fingerprint density at radius 1 is 1.05 bits per heavy atom. The van der Waals surface area contributed by atoms with E-state index in [9.17, 15) is 0 Å². The van der Waals surface area contributed by atoms with Gasteiger partial charge in [0.25, 0.3) is 0 Å². The molecule has 0 aliphatic rings. The molecule has 20 heavy (non-hydrogen) atoms. The van der Waals surface area contributed by atoms with Gasteiger partial charge in [-0.25, -0.2) is 0 Å². The molecular formula is C14H10Cl3NOS. The Balaban J connectivity index is 2.26. The van der Waals surface area contributed by atoms with Crippen molar-refractivity contribution in [2.75, 3.05) is 0 Å². The van der Waals surface area contributed by atoms with Crippen molar-refractivity contribution >= 4 is 52.0 Å². The summed E-state index contributed by atoms with van der Waals surface area (Å²) < 4.78 is 5.71. The van der Waals surface area contributed by atoms with Gasteiger partial charge in [0.2, 0.25) is 0 Å². The number of thiocarbonyl (C=S) groups is 1. The second kappa shape index (κ2) is 6.64. The molecule has 104 valence electrons. The van der Waals surface area contributed by atoms with E-state index in [0.29, 0.717) is 26.4 Å². The first-order chi connectivity index (χ1) is 9.50. The molecule has 0 unspecified atom stereocenters. The Labute approximate surface area is 137 Å². The summed E-state index contributed by atoms with van der Waals surface area (Å²) in [6.45, 7) is 0.245. The minimum atomic E-state index is 0.183. The van der Waals surface area contributed by atoms with Crippen LogP contribution in [-0.4, -0.2) is 4.99 Å². The maximum Gasteiger partial charge on any atom is 0.131 e. The van der Waals surface area contributed by atoms with Crippen LogP contribution < -0.4 is 10.5 Å². The van der Waals surface area contributed by atoms with E-state index in [0.717, 1.165) is 5.56 Å². The molecule has 0 aromatic heterocycles. The smallest absolute Gasteiger partial charge is 0.131 e. The normalized spacial score (nSPS) is 10.3. The van der Waals surface area contributed by atoms with Gasteiger partial charge in [-0.05, 0) is 18.2 Å². The summed E-state index contributed by atoms with van der Waals surface area (Å²) in [6.07, 6.45) is 0. The SMILES string of the molecule is NC(=S)c1c(Cl)cccc1OCc1cccc(Cl)c1Cl. The second-order valence-corrected chi connectivity index (χ2v) is 5.61. The molecule has 0 saturated carbocycles. The molecular weight excluding hydrogens is 337 g/mol. The molecule has 0 saturated heterocycles. The Bertz CT molecular complexity index is 661. The molecule has 0 fully saturated rings. The lowest BCUT2D eigenvalue weighted by Gasteiger charge is -2.13. The molecule has 2 N–H and O–H groups in total. The average Bonchev–Trinajstić information content (AvgIpc) is 2.40. The van der Waals surface area contributed by atoms with Gasteiger partial charge in [-0.3, -0.25) is 0 Å². The first kappa shape index (κ1) is 15.4. The highest BCUT2D eigenvalue weighted by Gasteiger charge is 2.12. The van der Waals surface area contributed by atoms with Crippen LogP contribution in [0.25, 0.3) is 0 Å². The molecule has 2 aromatic carbocycles. The van der Waals surface area contributed by atoms with Crippen LogP contribution in [0.4, 0.5) is 0 Å². The first-order valence-electron chi connectivity index (χ1n) is 5.64. The van der Waals surface area contributed by atoms with Gasteiger partial charge in [0.05, 0.1) is 20.6 Å². The minimum absolute atomic E-state index is 0.183. The number of hydrogen-bond acceptors (Lipinski definition) is 2. The largest absolute Gasteiger partial charge is 0.488 e. The predicted molar refractivity (Wildman–Crippen MR) is 88.1 cm³/mol. The van der Waals surface area contributed by atoms with Crippen LogP contribution in [0.2, 0.25) is 15.1 Å². The third-order valence-corrected chi connectivity index (χ3v) is 4.01. The van der Waals surface area contributed by atoms with Crippen LogP contribution in [-0.2, 0) is 6.61 Å². The molecule has 0 amide bonds. The highest BCUT2D eigenvalue weighted by Crippen LogP contribution is 2.29. The summed E-state index contributed by atoms with van der Waals surface area (Å²) in [5.74, 6) is 0.515. The molecule has 0 aliphatic carbocycles. The van der Waals surface area contributed by atoms with Gasteiger partial charge >= 0.3 is 0 Å². The number of hydrogen-bond donors (Lipinski definition) is 1. The zero-order chi connectivity index (χ0) is 14.7. The molecule has 6 heteroatoms. The molecule has 0 bridgehead atoms. The molecule has 2 rings (SSSR count). The van der Waals surface area contributed by atoms with Crippen LogP contribution in [0.15, 0.2) is 36.4 Å². The minimum Gasteiger partial charge on any atom is -0.488 e. The molecule has 0 spiro atoms. The van der Waals surface area contributed by atoms with E-state index in [1.54, 1.807) is 30.3 Å². The number of halogens is 3. The molecule has 0 heterocycles. The van der Waals surface area contributed by atoms with Crippen molar-refractivity contribution in [3.8, 4) is 5.75 Å². The number of benzene rings is 2. The highest BCUT2D eigenvalue weighted by molar-refractivity contribution is 7.80. The van der Waals surface area contributed by atoms with Gasteiger partial charge in [0.1, 0.15) is 17.3 Å². The van der Waals surface area contributed by atoms with Crippen LogP contribution in [0.1, 0.15) is 11.1 Å². The van der Waals surface area contributed by atoms with E-state index < -0.39 is 0 Å². The predicted octanol–water partition coefficient (Wildman–Crippen LogP) is 4.86. The van der Waals surface area contributed by atoms with Gasteiger partial charge in [0.15, 0.2) is 0 Å². The van der Waals surface area contributed by atoms with E-state index in [2.05, 4.69) is 0 Å². The maximum atomic E-state index is 6.10. The Morgan fingerprint density at radius 3 is 2.40 bits per heavy atom. The average molecular weight is 347 g/mol. The number of nitrogens with two attached hydrogens (primary N) is 1. The van der Waals surface area contributed by atoms with Gasteiger partial charge < -0.3 is 10.5 Å². The molecule has 2 nitrogen and oxygen atoms in total. The lowest BCUT2D eigenvalue weighted by atomic mass is 10.2. The van der Waals surface area contributed by atoms with Gasteiger partial charge in [0, 0.05) is 5.56 Å². The lowest BCUT2D eigenvalue weighted by molar-refractivity contribution is 0.306. The van der Waals surface area contributed by atoms with Gasteiger partial charge in [-0.1, -0.05) is 65.2 Å². The lowest BCUT2D eigenvalue weighted by Crippen LogP contribution is -2.12. The fourth-order valence-corrected chi connectivity index (χ4v) is 2.59. The molecule has 0 radical (unpaired) electrons. The van der Waals surface area contributed by atoms with Crippen molar-refractivity contribution in [1.82, 2.24) is 0 Å². The van der Waals surface area contributed by atoms with E-state index in [1.807, 2.05) is 6.07 Å². The van der Waals surface area contributed by atoms with E-state index in [1.165, 1.54) is 0 Å². The Kier molecular flexibility index (Phi) is 5.11. The van der Waals surface area contributed by atoms with E-state index in [-0.39, 0.29) is 11.6 Å². The van der Waals surface area contributed by atoms with Crippen molar-refractivity contribution in [1.29, 1.82) is 0 Å². The third kappa shape index (κ3) is 3.36. The Hall–Kier alpha value is -1.000. The summed E-state index contributed by atoms with van der Waals surface area (Å²) >= 11 is 23.1. The van der Waals surface area contributed by atoms with E-state index in [4.69, 9.17) is 57.5 Å². The van der Waals surface area contributed by atoms with Crippen molar-refractivity contribution in [2.45, 2.75) is 6.61 Å². The van der Waals surface area contributed by atoms with Crippen LogP contribution in [0.3, 0.4) is 0 Å². The summed E-state index contributed by atoms with van der Waals surface area (Å²) in [7, 11) is 0. The standard InChI is InChI=1S/C14H10Cl3NOS/c15-9-4-2-6-11(12(9)14(18)20)19-7-8-3-1-5-10(16)13(8)17/h1-6H,7H2,(H2,18,20). The van der Waals surface area contributed by atoms with Crippen LogP contribution in [0, 0.1) is 0 Å². The van der Waals surface area contributed by atoms with Crippen LogP contribution >= 0.6 is 47.0 Å².